The molecule has 0 saturated heterocycles. The minimum atomic E-state index is -0.780. The summed E-state index contributed by atoms with van der Waals surface area (Å²) in [6.45, 7) is 0.178. The summed E-state index contributed by atoms with van der Waals surface area (Å²) in [6.07, 6.45) is 5.65. The number of carbonyl (C=O) groups excluding carboxylic acids is 2. The molecular formula is C33H33N5O5. The van der Waals surface area contributed by atoms with Gasteiger partial charge in [-0.25, -0.2) is 0 Å². The van der Waals surface area contributed by atoms with Crippen LogP contribution in [0.5, 0.6) is 11.5 Å². The van der Waals surface area contributed by atoms with Crippen molar-refractivity contribution in [3.8, 4) is 17.6 Å². The second-order valence-electron chi connectivity index (χ2n) is 10.3. The van der Waals surface area contributed by atoms with E-state index in [-0.39, 0.29) is 25.0 Å². The molecule has 1 fully saturated rings. The molecule has 0 spiro atoms. The molecule has 1 aliphatic carbocycles. The number of nitrogens with two attached hydrogens (primary N) is 1. The first-order valence-corrected chi connectivity index (χ1v) is 14.2. The fraction of sp³-hybridized carbons (Fsp3) is 0.273. The largest absolute Gasteiger partial charge is 0.493 e. The molecule has 1 unspecified atom stereocenters. The third kappa shape index (κ3) is 7.20. The van der Waals surface area contributed by atoms with Gasteiger partial charge in [-0.15, -0.1) is 0 Å². The quantitative estimate of drug-likeness (QED) is 0.190. The maximum Gasteiger partial charge on any atom is 0.323 e. The molecule has 1 atom stereocenters. The smallest absolute Gasteiger partial charge is 0.323 e. The van der Waals surface area contributed by atoms with E-state index in [0.29, 0.717) is 50.6 Å². The van der Waals surface area contributed by atoms with E-state index in [0.717, 1.165) is 25.7 Å². The number of hydrogen-bond acceptors (Lipinski definition) is 9. The normalized spacial score (nSPS) is 13.6. The summed E-state index contributed by atoms with van der Waals surface area (Å²) in [5.41, 5.74) is 9.43. The van der Waals surface area contributed by atoms with Gasteiger partial charge in [0, 0.05) is 41.0 Å². The Labute approximate surface area is 249 Å². The summed E-state index contributed by atoms with van der Waals surface area (Å²) in [5, 5.41) is 16.6. The Kier molecular flexibility index (Phi) is 9.34. The van der Waals surface area contributed by atoms with Gasteiger partial charge in [0.15, 0.2) is 11.5 Å². The van der Waals surface area contributed by atoms with Crippen molar-refractivity contribution in [2.45, 2.75) is 44.2 Å². The van der Waals surface area contributed by atoms with Crippen LogP contribution in [0.4, 0.5) is 17.1 Å². The van der Waals surface area contributed by atoms with Gasteiger partial charge in [0.2, 0.25) is 0 Å². The van der Waals surface area contributed by atoms with Gasteiger partial charge in [0.05, 0.1) is 30.5 Å². The average Bonchev–Trinajstić information content (AvgIpc) is 3.55. The van der Waals surface area contributed by atoms with Crippen molar-refractivity contribution in [3.05, 3.63) is 84.1 Å². The predicted octanol–water partition coefficient (Wildman–Crippen LogP) is 5.69. The van der Waals surface area contributed by atoms with Gasteiger partial charge in [-0.1, -0.05) is 18.2 Å². The van der Waals surface area contributed by atoms with Crippen LogP contribution in [0.1, 0.15) is 48.0 Å². The number of pyridine rings is 1. The highest BCUT2D eigenvalue weighted by Crippen LogP contribution is 2.37. The molecule has 4 N–H and O–H groups in total. The number of hydrogen-bond donors (Lipinski definition) is 3. The second kappa shape index (κ2) is 13.7. The summed E-state index contributed by atoms with van der Waals surface area (Å²) in [5.74, 6) is 0.264. The van der Waals surface area contributed by atoms with Crippen molar-refractivity contribution >= 4 is 39.8 Å². The lowest BCUT2D eigenvalue weighted by Gasteiger charge is -2.17. The van der Waals surface area contributed by atoms with E-state index in [1.54, 1.807) is 36.4 Å². The van der Waals surface area contributed by atoms with Crippen molar-refractivity contribution in [1.82, 2.24) is 4.98 Å². The van der Waals surface area contributed by atoms with Gasteiger partial charge < -0.3 is 30.6 Å². The number of amides is 1. The van der Waals surface area contributed by atoms with Crippen LogP contribution < -0.4 is 25.8 Å². The average molecular weight is 580 g/mol. The topological polar surface area (TPSA) is 149 Å². The van der Waals surface area contributed by atoms with Crippen LogP contribution in [0, 0.1) is 11.3 Å². The minimum Gasteiger partial charge on any atom is -0.493 e. The number of methoxy groups -OCH3 is 1. The molecule has 10 nitrogen and oxygen atoms in total. The molecule has 0 radical (unpaired) electrons. The predicted molar refractivity (Wildman–Crippen MR) is 164 cm³/mol. The molecule has 1 aliphatic rings. The Balaban J connectivity index is 1.28. The van der Waals surface area contributed by atoms with Crippen LogP contribution in [-0.4, -0.2) is 42.7 Å². The number of anilines is 3. The lowest BCUT2D eigenvalue weighted by Crippen LogP contribution is -2.35. The third-order valence-corrected chi connectivity index (χ3v) is 7.30. The number of ether oxygens (including phenoxy) is 3. The standard InChI is InChI=1S/C33H33N5O5/c1-41-29-17-26-28(18-30(29)42-16-15-27(35)33(40)43-25-9-5-6-10-25)36-20-22(19-34)31(26)37-23-11-13-24(14-12-23)38-32(39)21-7-3-2-4-8-21/h2-4,7-8,11-14,17-18,20,25,27H,5-6,9-10,15-16,35H2,1H3,(H,36,37)(H,38,39). The van der Waals surface area contributed by atoms with Crippen molar-refractivity contribution in [2.24, 2.45) is 5.73 Å². The zero-order valence-electron chi connectivity index (χ0n) is 23.8. The molecule has 220 valence electrons. The Morgan fingerprint density at radius 3 is 2.47 bits per heavy atom. The number of carbonyl (C=O) groups is 2. The molecule has 4 aromatic rings. The van der Waals surface area contributed by atoms with E-state index in [2.05, 4.69) is 21.7 Å². The molecular weight excluding hydrogens is 546 g/mol. The van der Waals surface area contributed by atoms with Crippen molar-refractivity contribution in [3.63, 3.8) is 0 Å². The molecule has 1 heterocycles. The molecule has 5 rings (SSSR count). The number of nitrogens with one attached hydrogen (secondary N) is 2. The Morgan fingerprint density at radius 2 is 1.77 bits per heavy atom. The zero-order chi connectivity index (χ0) is 30.2. The van der Waals surface area contributed by atoms with Gasteiger partial charge in [-0.3, -0.25) is 14.6 Å². The van der Waals surface area contributed by atoms with E-state index in [9.17, 15) is 14.9 Å². The van der Waals surface area contributed by atoms with E-state index in [4.69, 9.17) is 19.9 Å². The number of benzene rings is 3. The zero-order valence-corrected chi connectivity index (χ0v) is 23.8. The Bertz CT molecular complexity index is 1630. The van der Waals surface area contributed by atoms with Crippen molar-refractivity contribution < 1.29 is 23.8 Å². The SMILES string of the molecule is COc1cc2c(Nc3ccc(NC(=O)c4ccccc4)cc3)c(C#N)cnc2cc1OCCC(N)C(=O)OC1CCCC1. The first kappa shape index (κ1) is 29.4. The summed E-state index contributed by atoms with van der Waals surface area (Å²) >= 11 is 0. The van der Waals surface area contributed by atoms with E-state index in [1.165, 1.54) is 13.3 Å². The third-order valence-electron chi connectivity index (χ3n) is 7.30. The van der Waals surface area contributed by atoms with Crippen LogP contribution in [0.25, 0.3) is 10.9 Å². The van der Waals surface area contributed by atoms with Gasteiger partial charge in [0.1, 0.15) is 18.2 Å². The molecule has 43 heavy (non-hydrogen) atoms. The first-order chi connectivity index (χ1) is 20.9. The summed E-state index contributed by atoms with van der Waals surface area (Å²) in [4.78, 5) is 29.3. The van der Waals surface area contributed by atoms with Gasteiger partial charge in [-0.05, 0) is 68.1 Å². The fourth-order valence-corrected chi connectivity index (χ4v) is 4.94. The van der Waals surface area contributed by atoms with Gasteiger partial charge in [-0.2, -0.15) is 5.26 Å². The Hall–Kier alpha value is -5.14. The van der Waals surface area contributed by atoms with Crippen LogP contribution in [0.15, 0.2) is 72.9 Å². The molecule has 10 heteroatoms. The first-order valence-electron chi connectivity index (χ1n) is 14.2. The highest BCUT2D eigenvalue weighted by molar-refractivity contribution is 6.04. The number of nitrogens with zero attached hydrogens (tertiary/aromatic N) is 2. The fourth-order valence-electron chi connectivity index (χ4n) is 4.94. The number of rotatable bonds is 11. The minimum absolute atomic E-state index is 0.0364. The maximum atomic E-state index is 12.5. The molecule has 1 amide bonds. The monoisotopic (exact) mass is 579 g/mol. The number of aromatic nitrogens is 1. The molecule has 1 saturated carbocycles. The van der Waals surface area contributed by atoms with Crippen LogP contribution in [-0.2, 0) is 9.53 Å². The molecule has 0 bridgehead atoms. The number of esters is 1. The summed E-state index contributed by atoms with van der Waals surface area (Å²) < 4.78 is 17.0. The molecule has 3 aromatic carbocycles. The number of fused-ring (bicyclic) bond motifs is 1. The highest BCUT2D eigenvalue weighted by Gasteiger charge is 2.23. The van der Waals surface area contributed by atoms with Gasteiger partial charge in [0.25, 0.3) is 5.91 Å². The maximum absolute atomic E-state index is 12.5. The van der Waals surface area contributed by atoms with Crippen LogP contribution in [0.3, 0.4) is 0 Å². The highest BCUT2D eigenvalue weighted by atomic mass is 16.5. The number of nitriles is 1. The van der Waals surface area contributed by atoms with E-state index < -0.39 is 12.0 Å². The van der Waals surface area contributed by atoms with Crippen LogP contribution in [0.2, 0.25) is 0 Å². The van der Waals surface area contributed by atoms with E-state index in [1.807, 2.05) is 30.3 Å². The lowest BCUT2D eigenvalue weighted by molar-refractivity contribution is -0.150. The summed E-state index contributed by atoms with van der Waals surface area (Å²) in [6, 6.07) is 21.0. The summed E-state index contributed by atoms with van der Waals surface area (Å²) in [7, 11) is 1.52. The molecule has 0 aliphatic heterocycles. The van der Waals surface area contributed by atoms with Gasteiger partial charge >= 0.3 is 5.97 Å². The van der Waals surface area contributed by atoms with Crippen LogP contribution >= 0.6 is 0 Å². The lowest BCUT2D eigenvalue weighted by atomic mass is 10.1. The Morgan fingerprint density at radius 1 is 1.05 bits per heavy atom. The molecule has 1 aromatic heterocycles. The van der Waals surface area contributed by atoms with E-state index >= 15 is 0 Å². The van der Waals surface area contributed by atoms with Crippen molar-refractivity contribution in [1.29, 1.82) is 5.26 Å². The second-order valence-corrected chi connectivity index (χ2v) is 10.3. The van der Waals surface area contributed by atoms with Crippen molar-refractivity contribution in [2.75, 3.05) is 24.4 Å².